The molecule has 0 saturated heterocycles. The first-order valence-corrected chi connectivity index (χ1v) is 7.61. The Morgan fingerprint density at radius 2 is 2.21 bits per heavy atom. The molecule has 98 valence electrons. The Kier molecular flexibility index (Phi) is 4.48. The first-order valence-electron chi connectivity index (χ1n) is 6.13. The number of rotatable bonds is 5. The third-order valence-corrected chi connectivity index (χ3v) is 4.15. The molecule has 1 heterocycles. The lowest BCUT2D eigenvalue weighted by atomic mass is 10.1. The minimum atomic E-state index is -0.804. The minimum Gasteiger partial charge on any atom is -0.382 e. The second-order valence-corrected chi connectivity index (χ2v) is 5.90. The van der Waals surface area contributed by atoms with Gasteiger partial charge < -0.3 is 5.32 Å². The molecule has 1 N–H and O–H groups in total. The fourth-order valence-corrected chi connectivity index (χ4v) is 2.47. The fraction of sp³-hybridized carbons (Fsp3) is 0.286. The molecular formula is C14H15N3OS. The zero-order valence-corrected chi connectivity index (χ0v) is 11.5. The number of hydrogen-bond acceptors (Lipinski definition) is 4. The Morgan fingerprint density at radius 3 is 2.95 bits per heavy atom. The summed E-state index contributed by atoms with van der Waals surface area (Å²) in [5.41, 5.74) is 2.14. The summed E-state index contributed by atoms with van der Waals surface area (Å²) >= 11 is 0. The predicted molar refractivity (Wildman–Crippen MR) is 78.5 cm³/mol. The Labute approximate surface area is 114 Å². The van der Waals surface area contributed by atoms with E-state index in [0.29, 0.717) is 23.6 Å². The molecule has 1 aromatic carbocycles. The van der Waals surface area contributed by atoms with E-state index < -0.39 is 10.8 Å². The summed E-state index contributed by atoms with van der Waals surface area (Å²) in [5.74, 6) is 1.24. The van der Waals surface area contributed by atoms with Crippen LogP contribution in [-0.2, 0) is 10.8 Å². The van der Waals surface area contributed by atoms with Gasteiger partial charge in [-0.05, 0) is 6.07 Å². The van der Waals surface area contributed by atoms with Crippen molar-refractivity contribution < 1.29 is 4.21 Å². The quantitative estimate of drug-likeness (QED) is 0.907. The predicted octanol–water partition coefficient (Wildman–Crippen LogP) is 2.29. The molecule has 4 nitrogen and oxygen atoms in total. The maximum Gasteiger partial charge on any atom is 0.103 e. The second-order valence-electron chi connectivity index (χ2n) is 4.04. The first-order chi connectivity index (χ1) is 9.26. The smallest absolute Gasteiger partial charge is 0.103 e. The van der Waals surface area contributed by atoms with Crippen LogP contribution in [0.25, 0.3) is 10.9 Å². The average molecular weight is 273 g/mol. The number of hydrogen-bond donors (Lipinski definition) is 1. The van der Waals surface area contributed by atoms with Crippen LogP contribution in [0.2, 0.25) is 0 Å². The van der Waals surface area contributed by atoms with E-state index in [1.165, 1.54) is 0 Å². The van der Waals surface area contributed by atoms with Crippen molar-refractivity contribution in [3.05, 3.63) is 36.0 Å². The summed E-state index contributed by atoms with van der Waals surface area (Å²) in [5, 5.41) is 13.3. The molecular weight excluding hydrogens is 258 g/mol. The van der Waals surface area contributed by atoms with Crippen molar-refractivity contribution in [2.24, 2.45) is 0 Å². The van der Waals surface area contributed by atoms with Crippen LogP contribution < -0.4 is 5.32 Å². The molecule has 2 rings (SSSR count). The van der Waals surface area contributed by atoms with Gasteiger partial charge in [0.1, 0.15) is 6.07 Å². The minimum absolute atomic E-state index is 0.515. The summed E-state index contributed by atoms with van der Waals surface area (Å²) in [6.45, 7) is 2.49. The summed E-state index contributed by atoms with van der Waals surface area (Å²) in [7, 11) is -0.804. The van der Waals surface area contributed by atoms with Gasteiger partial charge in [0.2, 0.25) is 0 Å². The Hall–Kier alpha value is -1.93. The van der Waals surface area contributed by atoms with Gasteiger partial charge in [-0.25, -0.2) is 0 Å². The number of nitrogens with zero attached hydrogens (tertiary/aromatic N) is 2. The molecule has 0 radical (unpaired) electrons. The van der Waals surface area contributed by atoms with Crippen LogP contribution in [0.1, 0.15) is 12.5 Å². The highest BCUT2D eigenvalue weighted by Crippen LogP contribution is 2.24. The highest BCUT2D eigenvalue weighted by Gasteiger charge is 2.08. The van der Waals surface area contributed by atoms with Crippen LogP contribution in [-0.4, -0.2) is 27.2 Å². The van der Waals surface area contributed by atoms with Gasteiger partial charge in [0.05, 0.1) is 16.8 Å². The number of nitriles is 1. The maximum absolute atomic E-state index is 11.4. The van der Waals surface area contributed by atoms with Crippen molar-refractivity contribution in [3.63, 3.8) is 0 Å². The molecule has 2 aromatic rings. The molecule has 0 aliphatic carbocycles. The van der Waals surface area contributed by atoms with E-state index in [1.54, 1.807) is 6.20 Å². The Bertz CT molecular complexity index is 649. The number of aromatic nitrogens is 1. The topological polar surface area (TPSA) is 65.8 Å². The van der Waals surface area contributed by atoms with Crippen molar-refractivity contribution in [3.8, 4) is 6.07 Å². The van der Waals surface area contributed by atoms with E-state index in [9.17, 15) is 4.21 Å². The van der Waals surface area contributed by atoms with Crippen molar-refractivity contribution in [1.82, 2.24) is 4.98 Å². The molecule has 0 aliphatic heterocycles. The van der Waals surface area contributed by atoms with E-state index in [2.05, 4.69) is 16.4 Å². The number of para-hydroxylation sites is 1. The molecule has 0 aliphatic rings. The van der Waals surface area contributed by atoms with Gasteiger partial charge in [0.25, 0.3) is 0 Å². The normalized spacial score (nSPS) is 12.0. The lowest BCUT2D eigenvalue weighted by Crippen LogP contribution is -2.13. The van der Waals surface area contributed by atoms with E-state index in [1.807, 2.05) is 31.2 Å². The maximum atomic E-state index is 11.4. The number of nitrogens with one attached hydrogen (secondary N) is 1. The van der Waals surface area contributed by atoms with Crippen LogP contribution in [0.15, 0.2) is 30.5 Å². The summed E-state index contributed by atoms with van der Waals surface area (Å²) in [4.78, 5) is 4.25. The van der Waals surface area contributed by atoms with Crippen LogP contribution in [0.4, 0.5) is 5.69 Å². The van der Waals surface area contributed by atoms with Crippen molar-refractivity contribution in [2.45, 2.75) is 6.92 Å². The fourth-order valence-electron chi connectivity index (χ4n) is 1.85. The number of benzene rings is 1. The zero-order chi connectivity index (χ0) is 13.7. The standard InChI is InChI=1S/C14H15N3OS/c1-2-19(18)8-7-16-14-11(9-15)10-17-13-6-4-3-5-12(13)14/h3-6,10H,2,7-8H2,1H3,(H,16,17). The molecule has 0 saturated carbocycles. The first kappa shape index (κ1) is 13.5. The SMILES string of the molecule is CCS(=O)CCNc1c(C#N)cnc2ccccc12. The average Bonchev–Trinajstić information content (AvgIpc) is 2.47. The van der Waals surface area contributed by atoms with Crippen LogP contribution >= 0.6 is 0 Å². The van der Waals surface area contributed by atoms with Gasteiger partial charge in [0.15, 0.2) is 0 Å². The molecule has 1 atom stereocenters. The third kappa shape index (κ3) is 3.09. The molecule has 1 aromatic heterocycles. The highest BCUT2D eigenvalue weighted by molar-refractivity contribution is 7.84. The lowest BCUT2D eigenvalue weighted by Gasteiger charge is -2.10. The van der Waals surface area contributed by atoms with Gasteiger partial charge >= 0.3 is 0 Å². The van der Waals surface area contributed by atoms with E-state index in [0.717, 1.165) is 16.6 Å². The van der Waals surface area contributed by atoms with E-state index in [-0.39, 0.29) is 0 Å². The van der Waals surface area contributed by atoms with Gasteiger partial charge in [-0.15, -0.1) is 0 Å². The highest BCUT2D eigenvalue weighted by atomic mass is 32.2. The lowest BCUT2D eigenvalue weighted by molar-refractivity contribution is 0.684. The van der Waals surface area contributed by atoms with Crippen molar-refractivity contribution in [1.29, 1.82) is 5.26 Å². The molecule has 0 fully saturated rings. The monoisotopic (exact) mass is 273 g/mol. The van der Waals surface area contributed by atoms with Gasteiger partial charge in [-0.3, -0.25) is 9.19 Å². The number of anilines is 1. The summed E-state index contributed by atoms with van der Waals surface area (Å²) < 4.78 is 11.4. The number of pyridine rings is 1. The zero-order valence-electron chi connectivity index (χ0n) is 10.7. The van der Waals surface area contributed by atoms with Crippen molar-refractivity contribution in [2.75, 3.05) is 23.4 Å². The van der Waals surface area contributed by atoms with Crippen LogP contribution in [0.3, 0.4) is 0 Å². The second kappa shape index (κ2) is 6.30. The molecule has 0 bridgehead atoms. The summed E-state index contributed by atoms with van der Waals surface area (Å²) in [6.07, 6.45) is 1.57. The molecule has 1 unspecified atom stereocenters. The van der Waals surface area contributed by atoms with Gasteiger partial charge in [-0.2, -0.15) is 5.26 Å². The van der Waals surface area contributed by atoms with E-state index >= 15 is 0 Å². The van der Waals surface area contributed by atoms with Crippen molar-refractivity contribution >= 4 is 27.4 Å². The Balaban J connectivity index is 2.29. The van der Waals surface area contributed by atoms with Gasteiger partial charge in [-0.1, -0.05) is 25.1 Å². The third-order valence-electron chi connectivity index (χ3n) is 2.85. The molecule has 5 heteroatoms. The van der Waals surface area contributed by atoms with Crippen LogP contribution in [0.5, 0.6) is 0 Å². The van der Waals surface area contributed by atoms with Gasteiger partial charge in [0, 0.05) is 40.4 Å². The molecule has 19 heavy (non-hydrogen) atoms. The molecule has 0 spiro atoms. The Morgan fingerprint density at radius 1 is 1.42 bits per heavy atom. The van der Waals surface area contributed by atoms with Crippen LogP contribution in [0, 0.1) is 11.3 Å². The summed E-state index contributed by atoms with van der Waals surface area (Å²) in [6, 6.07) is 9.81. The molecule has 0 amide bonds. The van der Waals surface area contributed by atoms with E-state index in [4.69, 9.17) is 5.26 Å². The largest absolute Gasteiger partial charge is 0.382 e. The number of fused-ring (bicyclic) bond motifs is 1.